The first-order valence-electron chi connectivity index (χ1n) is 6.74. The molecule has 1 aliphatic heterocycles. The number of benzene rings is 2. The fourth-order valence-electron chi connectivity index (χ4n) is 2.61. The Morgan fingerprint density at radius 2 is 1.71 bits per heavy atom. The van der Waals surface area contributed by atoms with Crippen molar-refractivity contribution in [2.24, 2.45) is 0 Å². The summed E-state index contributed by atoms with van der Waals surface area (Å²) in [6, 6.07) is 12.4. The molecule has 0 aliphatic carbocycles. The number of fused-ring (bicyclic) bond motifs is 1. The van der Waals surface area contributed by atoms with Crippen LogP contribution in [-0.2, 0) is 5.41 Å². The van der Waals surface area contributed by atoms with E-state index in [2.05, 4.69) is 63.9 Å². The minimum Gasteiger partial charge on any atom is -0.492 e. The molecule has 0 spiro atoms. The van der Waals surface area contributed by atoms with Gasteiger partial charge in [-0.2, -0.15) is 0 Å². The molecule has 0 aromatic heterocycles. The van der Waals surface area contributed by atoms with Crippen LogP contribution >= 0.6 is 43.5 Å². The van der Waals surface area contributed by atoms with Crippen LogP contribution in [0.15, 0.2) is 45.3 Å². The molecule has 110 valence electrons. The Balaban J connectivity index is 2.01. The van der Waals surface area contributed by atoms with Crippen LogP contribution in [0.1, 0.15) is 35.9 Å². The van der Waals surface area contributed by atoms with Gasteiger partial charge in [0.25, 0.3) is 0 Å². The van der Waals surface area contributed by atoms with Gasteiger partial charge in [0.1, 0.15) is 5.75 Å². The first-order chi connectivity index (χ1) is 9.87. The summed E-state index contributed by atoms with van der Waals surface area (Å²) in [6.07, 6.45) is 0. The van der Waals surface area contributed by atoms with Gasteiger partial charge in [-0.3, -0.25) is 0 Å². The van der Waals surface area contributed by atoms with Gasteiger partial charge in [0.2, 0.25) is 0 Å². The average Bonchev–Trinajstić information content (AvgIpc) is 2.72. The van der Waals surface area contributed by atoms with E-state index in [9.17, 15) is 0 Å². The van der Waals surface area contributed by atoms with Crippen molar-refractivity contribution in [2.75, 3.05) is 6.61 Å². The molecule has 1 heterocycles. The second-order valence-corrected chi connectivity index (χ2v) is 8.26. The zero-order valence-corrected chi connectivity index (χ0v) is 15.7. The lowest BCUT2D eigenvalue weighted by Crippen LogP contribution is -2.18. The standard InChI is InChI=1S/C17H15Br2ClO/c1-17(2)9-21-15-4-3-10(7-14(15)17)16(20)11-5-12(18)8-13(19)6-11/h3-8,16H,9H2,1-2H3. The van der Waals surface area contributed by atoms with Crippen molar-refractivity contribution in [1.82, 2.24) is 0 Å². The van der Waals surface area contributed by atoms with Gasteiger partial charge in [0, 0.05) is 19.9 Å². The van der Waals surface area contributed by atoms with Crippen LogP contribution in [0.4, 0.5) is 0 Å². The molecule has 2 aromatic rings. The van der Waals surface area contributed by atoms with Gasteiger partial charge in [-0.15, -0.1) is 11.6 Å². The third-order valence-electron chi connectivity index (χ3n) is 3.79. The Morgan fingerprint density at radius 3 is 2.38 bits per heavy atom. The van der Waals surface area contributed by atoms with Crippen LogP contribution in [0.3, 0.4) is 0 Å². The van der Waals surface area contributed by atoms with Crippen LogP contribution in [0.2, 0.25) is 0 Å². The zero-order chi connectivity index (χ0) is 15.2. The second-order valence-electron chi connectivity index (χ2n) is 5.99. The highest BCUT2D eigenvalue weighted by molar-refractivity contribution is 9.11. The van der Waals surface area contributed by atoms with E-state index in [0.29, 0.717) is 0 Å². The third-order valence-corrected chi connectivity index (χ3v) is 5.21. The van der Waals surface area contributed by atoms with Gasteiger partial charge >= 0.3 is 0 Å². The predicted octanol–water partition coefficient (Wildman–Crippen LogP) is 6.21. The number of halogens is 3. The van der Waals surface area contributed by atoms with E-state index in [4.69, 9.17) is 16.3 Å². The summed E-state index contributed by atoms with van der Waals surface area (Å²) in [5.74, 6) is 0.975. The van der Waals surface area contributed by atoms with E-state index in [1.165, 1.54) is 5.56 Å². The van der Waals surface area contributed by atoms with Crippen LogP contribution < -0.4 is 4.74 Å². The van der Waals surface area contributed by atoms with E-state index >= 15 is 0 Å². The molecule has 21 heavy (non-hydrogen) atoms. The highest BCUT2D eigenvalue weighted by atomic mass is 79.9. The quantitative estimate of drug-likeness (QED) is 0.515. The van der Waals surface area contributed by atoms with Crippen LogP contribution in [0.25, 0.3) is 0 Å². The van der Waals surface area contributed by atoms with Gasteiger partial charge in [-0.25, -0.2) is 0 Å². The molecule has 0 N–H and O–H groups in total. The smallest absolute Gasteiger partial charge is 0.123 e. The molecular formula is C17H15Br2ClO. The average molecular weight is 431 g/mol. The molecule has 1 nitrogen and oxygen atoms in total. The van der Waals surface area contributed by atoms with E-state index in [1.807, 2.05) is 18.2 Å². The molecule has 0 bridgehead atoms. The third kappa shape index (κ3) is 3.01. The molecule has 0 saturated carbocycles. The molecule has 0 saturated heterocycles. The Kier molecular flexibility index (Phi) is 4.10. The highest BCUT2D eigenvalue weighted by Crippen LogP contribution is 2.41. The normalized spacial score (nSPS) is 17.2. The molecule has 3 rings (SSSR count). The summed E-state index contributed by atoms with van der Waals surface area (Å²) in [6.45, 7) is 5.12. The maximum absolute atomic E-state index is 6.69. The van der Waals surface area contributed by atoms with E-state index in [0.717, 1.165) is 32.4 Å². The zero-order valence-electron chi connectivity index (χ0n) is 11.8. The van der Waals surface area contributed by atoms with Gasteiger partial charge in [-0.1, -0.05) is 51.8 Å². The summed E-state index contributed by atoms with van der Waals surface area (Å²) in [5.41, 5.74) is 3.44. The molecule has 0 radical (unpaired) electrons. The van der Waals surface area contributed by atoms with Crippen molar-refractivity contribution in [3.05, 3.63) is 62.0 Å². The van der Waals surface area contributed by atoms with Gasteiger partial charge in [-0.05, 0) is 41.5 Å². The lowest BCUT2D eigenvalue weighted by molar-refractivity contribution is 0.291. The molecule has 4 heteroatoms. The Labute approximate surface area is 146 Å². The number of hydrogen-bond acceptors (Lipinski definition) is 1. The van der Waals surface area contributed by atoms with Crippen molar-refractivity contribution < 1.29 is 4.74 Å². The summed E-state index contributed by atoms with van der Waals surface area (Å²) >= 11 is 13.7. The predicted molar refractivity (Wildman–Crippen MR) is 94.5 cm³/mol. The Hall–Kier alpha value is -0.510. The van der Waals surface area contributed by atoms with Gasteiger partial charge in [0.05, 0.1) is 12.0 Å². The SMILES string of the molecule is CC1(C)COc2ccc(C(Cl)c3cc(Br)cc(Br)c3)cc21. The first kappa shape index (κ1) is 15.4. The van der Waals surface area contributed by atoms with E-state index < -0.39 is 0 Å². The van der Waals surface area contributed by atoms with Crippen molar-refractivity contribution in [3.63, 3.8) is 0 Å². The monoisotopic (exact) mass is 428 g/mol. The highest BCUT2D eigenvalue weighted by Gasteiger charge is 2.32. The first-order valence-corrected chi connectivity index (χ1v) is 8.76. The number of rotatable bonds is 2. The molecular weight excluding hydrogens is 415 g/mol. The number of hydrogen-bond donors (Lipinski definition) is 0. The van der Waals surface area contributed by atoms with Gasteiger partial charge in [0.15, 0.2) is 0 Å². The van der Waals surface area contributed by atoms with Crippen LogP contribution in [-0.4, -0.2) is 6.61 Å². The maximum atomic E-state index is 6.69. The summed E-state index contributed by atoms with van der Waals surface area (Å²) in [7, 11) is 0. The summed E-state index contributed by atoms with van der Waals surface area (Å²) in [5, 5.41) is -0.180. The van der Waals surface area contributed by atoms with E-state index in [-0.39, 0.29) is 10.8 Å². The molecule has 2 aromatic carbocycles. The maximum Gasteiger partial charge on any atom is 0.123 e. The van der Waals surface area contributed by atoms with Crippen LogP contribution in [0.5, 0.6) is 5.75 Å². The molecule has 0 amide bonds. The molecule has 0 fully saturated rings. The molecule has 1 unspecified atom stereocenters. The Bertz CT molecular complexity index is 677. The number of alkyl halides is 1. The number of ether oxygens (including phenoxy) is 1. The van der Waals surface area contributed by atoms with Gasteiger partial charge < -0.3 is 4.74 Å². The topological polar surface area (TPSA) is 9.23 Å². The van der Waals surface area contributed by atoms with Crippen molar-refractivity contribution >= 4 is 43.5 Å². The van der Waals surface area contributed by atoms with Crippen molar-refractivity contribution in [3.8, 4) is 5.75 Å². The van der Waals surface area contributed by atoms with Crippen LogP contribution in [0, 0.1) is 0 Å². The molecule has 1 aliphatic rings. The fourth-order valence-corrected chi connectivity index (χ4v) is 4.20. The summed E-state index contributed by atoms with van der Waals surface area (Å²) < 4.78 is 7.77. The Morgan fingerprint density at radius 1 is 1.05 bits per heavy atom. The van der Waals surface area contributed by atoms with Crippen molar-refractivity contribution in [2.45, 2.75) is 24.6 Å². The lowest BCUT2D eigenvalue weighted by Gasteiger charge is -2.18. The fraction of sp³-hybridized carbons (Fsp3) is 0.294. The molecule has 1 atom stereocenters. The largest absolute Gasteiger partial charge is 0.492 e. The van der Waals surface area contributed by atoms with E-state index in [1.54, 1.807) is 0 Å². The second kappa shape index (κ2) is 5.60. The minimum atomic E-state index is -0.180. The lowest BCUT2D eigenvalue weighted by atomic mass is 9.85. The minimum absolute atomic E-state index is 0.0415. The summed E-state index contributed by atoms with van der Waals surface area (Å²) in [4.78, 5) is 0. The van der Waals surface area contributed by atoms with Crippen molar-refractivity contribution in [1.29, 1.82) is 0 Å².